The molecule has 4 heteroatoms. The first kappa shape index (κ1) is 14.6. The van der Waals surface area contributed by atoms with Crippen LogP contribution in [0.2, 0.25) is 0 Å². The molecule has 2 aromatic rings. The zero-order valence-corrected chi connectivity index (χ0v) is 12.6. The SMILES string of the molecule is CCN(Cc1ccccc1N)Cc1cc(C)nn1CC. The molecule has 0 saturated carbocycles. The first-order valence-electron chi connectivity index (χ1n) is 7.23. The van der Waals surface area contributed by atoms with Crippen LogP contribution in [0.5, 0.6) is 0 Å². The predicted octanol–water partition coefficient (Wildman–Crippen LogP) is 2.82. The van der Waals surface area contributed by atoms with Crippen molar-refractivity contribution in [2.75, 3.05) is 12.3 Å². The summed E-state index contributed by atoms with van der Waals surface area (Å²) in [5, 5.41) is 4.51. The van der Waals surface area contributed by atoms with E-state index in [1.54, 1.807) is 0 Å². The molecule has 2 rings (SSSR count). The minimum Gasteiger partial charge on any atom is -0.398 e. The maximum atomic E-state index is 6.03. The van der Waals surface area contributed by atoms with E-state index in [2.05, 4.69) is 40.7 Å². The summed E-state index contributed by atoms with van der Waals surface area (Å²) < 4.78 is 2.08. The van der Waals surface area contributed by atoms with Gasteiger partial charge in [0.2, 0.25) is 0 Å². The molecule has 0 aliphatic carbocycles. The number of benzene rings is 1. The number of anilines is 1. The molecular formula is C16H24N4. The Bertz CT molecular complexity index is 559. The highest BCUT2D eigenvalue weighted by Crippen LogP contribution is 2.15. The molecule has 0 fully saturated rings. The minimum atomic E-state index is 0.867. The van der Waals surface area contributed by atoms with Crippen LogP contribution in [-0.2, 0) is 19.6 Å². The van der Waals surface area contributed by atoms with E-state index in [0.717, 1.165) is 37.6 Å². The summed E-state index contributed by atoms with van der Waals surface area (Å²) in [7, 11) is 0. The molecule has 0 radical (unpaired) electrons. The summed E-state index contributed by atoms with van der Waals surface area (Å²) >= 11 is 0. The van der Waals surface area contributed by atoms with E-state index in [9.17, 15) is 0 Å². The second kappa shape index (κ2) is 6.57. The largest absolute Gasteiger partial charge is 0.398 e. The average molecular weight is 272 g/mol. The van der Waals surface area contributed by atoms with Crippen LogP contribution < -0.4 is 5.73 Å². The molecular weight excluding hydrogens is 248 g/mol. The van der Waals surface area contributed by atoms with E-state index < -0.39 is 0 Å². The molecule has 4 nitrogen and oxygen atoms in total. The smallest absolute Gasteiger partial charge is 0.0597 e. The first-order chi connectivity index (χ1) is 9.63. The summed E-state index contributed by atoms with van der Waals surface area (Å²) in [6.07, 6.45) is 0. The Morgan fingerprint density at radius 1 is 1.20 bits per heavy atom. The summed E-state index contributed by atoms with van der Waals surface area (Å²) in [5.41, 5.74) is 10.4. The topological polar surface area (TPSA) is 47.1 Å². The molecule has 0 saturated heterocycles. The third-order valence-corrected chi connectivity index (χ3v) is 3.57. The molecule has 1 aromatic heterocycles. The lowest BCUT2D eigenvalue weighted by molar-refractivity contribution is 0.263. The first-order valence-corrected chi connectivity index (χ1v) is 7.23. The summed E-state index contributed by atoms with van der Waals surface area (Å²) in [6.45, 7) is 10.0. The minimum absolute atomic E-state index is 0.867. The molecule has 0 amide bonds. The molecule has 0 bridgehead atoms. The van der Waals surface area contributed by atoms with Crippen molar-refractivity contribution in [1.29, 1.82) is 0 Å². The van der Waals surface area contributed by atoms with Gasteiger partial charge in [0.25, 0.3) is 0 Å². The number of nitrogens with zero attached hydrogens (tertiary/aromatic N) is 3. The molecule has 2 N–H and O–H groups in total. The van der Waals surface area contributed by atoms with E-state index in [1.807, 2.05) is 25.1 Å². The van der Waals surface area contributed by atoms with Gasteiger partial charge in [-0.05, 0) is 38.1 Å². The zero-order valence-electron chi connectivity index (χ0n) is 12.6. The molecule has 0 aliphatic heterocycles. The van der Waals surface area contributed by atoms with Crippen LogP contribution in [0.15, 0.2) is 30.3 Å². The van der Waals surface area contributed by atoms with Crippen LogP contribution in [0.3, 0.4) is 0 Å². The molecule has 20 heavy (non-hydrogen) atoms. The lowest BCUT2D eigenvalue weighted by Gasteiger charge is -2.21. The van der Waals surface area contributed by atoms with Crippen LogP contribution in [-0.4, -0.2) is 21.2 Å². The van der Waals surface area contributed by atoms with Crippen LogP contribution in [0, 0.1) is 6.92 Å². The van der Waals surface area contributed by atoms with Gasteiger partial charge in [0.05, 0.1) is 11.4 Å². The Kier molecular flexibility index (Phi) is 4.79. The van der Waals surface area contributed by atoms with Crippen LogP contribution in [0.25, 0.3) is 0 Å². The van der Waals surface area contributed by atoms with Gasteiger partial charge in [-0.3, -0.25) is 9.58 Å². The lowest BCUT2D eigenvalue weighted by atomic mass is 10.1. The van der Waals surface area contributed by atoms with Crippen molar-refractivity contribution in [1.82, 2.24) is 14.7 Å². The molecule has 0 atom stereocenters. The zero-order chi connectivity index (χ0) is 14.5. The fourth-order valence-electron chi connectivity index (χ4n) is 2.43. The quantitative estimate of drug-likeness (QED) is 0.823. The van der Waals surface area contributed by atoms with Crippen molar-refractivity contribution in [3.63, 3.8) is 0 Å². The average Bonchev–Trinajstić information content (AvgIpc) is 2.80. The van der Waals surface area contributed by atoms with Gasteiger partial charge < -0.3 is 5.73 Å². The predicted molar refractivity (Wildman–Crippen MR) is 83.3 cm³/mol. The summed E-state index contributed by atoms with van der Waals surface area (Å²) in [6, 6.07) is 10.2. The fraction of sp³-hybridized carbons (Fsp3) is 0.438. The molecule has 1 heterocycles. The molecule has 0 spiro atoms. The maximum absolute atomic E-state index is 6.03. The van der Waals surface area contributed by atoms with E-state index >= 15 is 0 Å². The van der Waals surface area contributed by atoms with Crippen LogP contribution in [0.1, 0.15) is 30.8 Å². The monoisotopic (exact) mass is 272 g/mol. The van der Waals surface area contributed by atoms with E-state index in [0.29, 0.717) is 0 Å². The number of nitrogen functional groups attached to an aromatic ring is 1. The molecule has 1 aromatic carbocycles. The Hall–Kier alpha value is -1.81. The van der Waals surface area contributed by atoms with Crippen molar-refractivity contribution < 1.29 is 0 Å². The van der Waals surface area contributed by atoms with Crippen molar-refractivity contribution in [3.8, 4) is 0 Å². The van der Waals surface area contributed by atoms with Crippen LogP contribution >= 0.6 is 0 Å². The van der Waals surface area contributed by atoms with Gasteiger partial charge in [-0.25, -0.2) is 0 Å². The second-order valence-electron chi connectivity index (χ2n) is 5.09. The van der Waals surface area contributed by atoms with Gasteiger partial charge in [0, 0.05) is 25.3 Å². The number of aromatic nitrogens is 2. The number of nitrogens with two attached hydrogens (primary N) is 1. The Balaban J connectivity index is 2.11. The summed E-state index contributed by atoms with van der Waals surface area (Å²) in [5.74, 6) is 0. The highest BCUT2D eigenvalue weighted by molar-refractivity contribution is 5.46. The second-order valence-corrected chi connectivity index (χ2v) is 5.09. The lowest BCUT2D eigenvalue weighted by Crippen LogP contribution is -2.24. The number of rotatable bonds is 6. The Labute approximate surface area is 121 Å². The highest BCUT2D eigenvalue weighted by atomic mass is 15.3. The Morgan fingerprint density at radius 2 is 1.95 bits per heavy atom. The third kappa shape index (κ3) is 3.39. The molecule has 0 unspecified atom stereocenters. The van der Waals surface area contributed by atoms with Crippen molar-refractivity contribution in [3.05, 3.63) is 47.3 Å². The van der Waals surface area contributed by atoms with E-state index in [1.165, 1.54) is 11.3 Å². The van der Waals surface area contributed by atoms with Gasteiger partial charge in [-0.15, -0.1) is 0 Å². The van der Waals surface area contributed by atoms with Crippen molar-refractivity contribution in [2.24, 2.45) is 0 Å². The number of hydrogen-bond acceptors (Lipinski definition) is 3. The third-order valence-electron chi connectivity index (χ3n) is 3.57. The maximum Gasteiger partial charge on any atom is 0.0597 e. The van der Waals surface area contributed by atoms with Gasteiger partial charge in [-0.2, -0.15) is 5.10 Å². The van der Waals surface area contributed by atoms with Gasteiger partial charge in [-0.1, -0.05) is 25.1 Å². The standard InChI is InChI=1S/C16H24N4/c1-4-19(11-14-8-6-7-9-16(14)17)12-15-10-13(3)18-20(15)5-2/h6-10H,4-5,11-12,17H2,1-3H3. The molecule has 0 aliphatic rings. The van der Waals surface area contributed by atoms with E-state index in [4.69, 9.17) is 5.73 Å². The van der Waals surface area contributed by atoms with Crippen LogP contribution in [0.4, 0.5) is 5.69 Å². The van der Waals surface area contributed by atoms with Gasteiger partial charge in [0.1, 0.15) is 0 Å². The van der Waals surface area contributed by atoms with Crippen molar-refractivity contribution in [2.45, 2.75) is 40.4 Å². The van der Waals surface area contributed by atoms with Gasteiger partial charge in [0.15, 0.2) is 0 Å². The van der Waals surface area contributed by atoms with E-state index in [-0.39, 0.29) is 0 Å². The number of para-hydroxylation sites is 1. The van der Waals surface area contributed by atoms with Crippen molar-refractivity contribution >= 4 is 5.69 Å². The summed E-state index contributed by atoms with van der Waals surface area (Å²) in [4.78, 5) is 2.38. The van der Waals surface area contributed by atoms with Gasteiger partial charge >= 0.3 is 0 Å². The number of hydrogen-bond donors (Lipinski definition) is 1. The molecule has 108 valence electrons. The fourth-order valence-corrected chi connectivity index (χ4v) is 2.43. The highest BCUT2D eigenvalue weighted by Gasteiger charge is 2.11. The Morgan fingerprint density at radius 3 is 2.60 bits per heavy atom. The number of aryl methyl sites for hydroxylation is 2. The normalized spacial score (nSPS) is 11.2.